The Morgan fingerprint density at radius 1 is 1.42 bits per heavy atom. The molecule has 5 heteroatoms. The molecule has 2 fully saturated rings. The summed E-state index contributed by atoms with van der Waals surface area (Å²) < 4.78 is 5.22. The molecule has 2 N–H and O–H groups in total. The van der Waals surface area contributed by atoms with Gasteiger partial charge in [0, 0.05) is 45.6 Å². The summed E-state index contributed by atoms with van der Waals surface area (Å²) in [6, 6.07) is 0. The molecule has 2 aliphatic rings. The Morgan fingerprint density at radius 2 is 2.26 bits per heavy atom. The van der Waals surface area contributed by atoms with Crippen LogP contribution in [0.2, 0.25) is 0 Å². The Labute approximate surface area is 116 Å². The van der Waals surface area contributed by atoms with Crippen LogP contribution in [0.1, 0.15) is 25.7 Å². The number of ether oxygens (including phenoxy) is 1. The van der Waals surface area contributed by atoms with Crippen molar-refractivity contribution in [1.82, 2.24) is 10.2 Å². The van der Waals surface area contributed by atoms with Gasteiger partial charge in [-0.25, -0.2) is 0 Å². The highest BCUT2D eigenvalue weighted by Crippen LogP contribution is 2.24. The van der Waals surface area contributed by atoms with Crippen molar-refractivity contribution in [2.45, 2.75) is 31.8 Å². The zero-order valence-electron chi connectivity index (χ0n) is 12.1. The molecule has 3 unspecified atom stereocenters. The van der Waals surface area contributed by atoms with Crippen molar-refractivity contribution >= 4 is 5.96 Å². The number of nitrogens with one attached hydrogen (secondary N) is 1. The summed E-state index contributed by atoms with van der Waals surface area (Å²) in [5, 5.41) is 13.3. The van der Waals surface area contributed by atoms with E-state index in [1.165, 1.54) is 6.42 Å². The Morgan fingerprint density at radius 3 is 2.89 bits per heavy atom. The molecule has 5 nitrogen and oxygen atoms in total. The highest BCUT2D eigenvalue weighted by Gasteiger charge is 2.28. The molecule has 3 atom stereocenters. The quantitative estimate of drug-likeness (QED) is 0.582. The molecule has 0 amide bonds. The molecule has 1 heterocycles. The predicted octanol–water partition coefficient (Wildman–Crippen LogP) is 0.691. The van der Waals surface area contributed by atoms with Crippen LogP contribution in [-0.2, 0) is 4.74 Å². The van der Waals surface area contributed by atoms with Crippen LogP contribution >= 0.6 is 0 Å². The monoisotopic (exact) mass is 269 g/mol. The van der Waals surface area contributed by atoms with Crippen molar-refractivity contribution < 1.29 is 9.84 Å². The molecule has 1 aliphatic heterocycles. The zero-order valence-corrected chi connectivity index (χ0v) is 12.1. The summed E-state index contributed by atoms with van der Waals surface area (Å²) in [4.78, 5) is 6.66. The number of hydrogen-bond donors (Lipinski definition) is 2. The third-order valence-corrected chi connectivity index (χ3v) is 4.34. The van der Waals surface area contributed by atoms with Gasteiger partial charge in [-0.05, 0) is 19.3 Å². The van der Waals surface area contributed by atoms with Crippen molar-refractivity contribution in [2.75, 3.05) is 40.4 Å². The van der Waals surface area contributed by atoms with E-state index in [1.807, 2.05) is 7.05 Å². The second-order valence-corrected chi connectivity index (χ2v) is 5.74. The number of guanidine groups is 1. The van der Waals surface area contributed by atoms with E-state index in [-0.39, 0.29) is 6.10 Å². The van der Waals surface area contributed by atoms with Gasteiger partial charge < -0.3 is 20.1 Å². The lowest BCUT2D eigenvalue weighted by Gasteiger charge is -2.24. The third-order valence-electron chi connectivity index (χ3n) is 4.34. The van der Waals surface area contributed by atoms with Crippen LogP contribution in [-0.4, -0.2) is 62.5 Å². The van der Waals surface area contributed by atoms with Crippen LogP contribution < -0.4 is 5.32 Å². The van der Waals surface area contributed by atoms with Gasteiger partial charge in [-0.15, -0.1) is 0 Å². The molecule has 0 aromatic heterocycles. The van der Waals surface area contributed by atoms with E-state index in [0.717, 1.165) is 51.5 Å². The molecule has 0 aromatic carbocycles. The lowest BCUT2D eigenvalue weighted by molar-refractivity contribution is 0.133. The average molecular weight is 269 g/mol. The van der Waals surface area contributed by atoms with Gasteiger partial charge >= 0.3 is 0 Å². The van der Waals surface area contributed by atoms with Gasteiger partial charge in [0.25, 0.3) is 0 Å². The summed E-state index contributed by atoms with van der Waals surface area (Å²) in [6.45, 7) is 3.72. The third kappa shape index (κ3) is 3.83. The fraction of sp³-hybridized carbons (Fsp3) is 0.929. The second kappa shape index (κ2) is 7.10. The van der Waals surface area contributed by atoms with Crippen molar-refractivity contribution in [2.24, 2.45) is 16.8 Å². The Bertz CT molecular complexity index is 309. The minimum Gasteiger partial charge on any atom is -0.393 e. The molecule has 0 bridgehead atoms. The van der Waals surface area contributed by atoms with E-state index in [4.69, 9.17) is 4.74 Å². The normalized spacial score (nSPS) is 32.1. The minimum atomic E-state index is -0.134. The number of aliphatic hydroxyl groups is 1. The number of methoxy groups -OCH3 is 1. The predicted molar refractivity (Wildman–Crippen MR) is 76.3 cm³/mol. The van der Waals surface area contributed by atoms with Gasteiger partial charge in [0.05, 0.1) is 12.7 Å². The van der Waals surface area contributed by atoms with E-state index in [1.54, 1.807) is 7.11 Å². The standard InChI is InChI=1S/C14H27N3O2/c1-15-14(16-8-12-4-3-5-13(12)18)17-7-6-11(9-17)10-19-2/h11-13,18H,3-10H2,1-2H3,(H,15,16). The highest BCUT2D eigenvalue weighted by molar-refractivity contribution is 5.80. The Balaban J connectivity index is 1.77. The summed E-state index contributed by atoms with van der Waals surface area (Å²) >= 11 is 0. The number of likely N-dealkylation sites (tertiary alicyclic amines) is 1. The maximum atomic E-state index is 9.84. The topological polar surface area (TPSA) is 57.1 Å². The summed E-state index contributed by atoms with van der Waals surface area (Å²) in [5.74, 6) is 1.97. The van der Waals surface area contributed by atoms with E-state index in [9.17, 15) is 5.11 Å². The first-order valence-corrected chi connectivity index (χ1v) is 7.37. The Kier molecular flexibility index (Phi) is 5.45. The van der Waals surface area contributed by atoms with Crippen LogP contribution in [0.4, 0.5) is 0 Å². The maximum absolute atomic E-state index is 9.84. The smallest absolute Gasteiger partial charge is 0.193 e. The summed E-state index contributed by atoms with van der Waals surface area (Å²) in [6.07, 6.45) is 4.25. The molecule has 1 saturated carbocycles. The minimum absolute atomic E-state index is 0.134. The molecule has 0 radical (unpaired) electrons. The van der Waals surface area contributed by atoms with Gasteiger partial charge in [0.2, 0.25) is 0 Å². The van der Waals surface area contributed by atoms with E-state index in [0.29, 0.717) is 11.8 Å². The average Bonchev–Trinajstić information content (AvgIpc) is 3.01. The van der Waals surface area contributed by atoms with Gasteiger partial charge in [0.1, 0.15) is 0 Å². The van der Waals surface area contributed by atoms with Gasteiger partial charge in [-0.2, -0.15) is 0 Å². The summed E-state index contributed by atoms with van der Waals surface area (Å²) in [5.41, 5.74) is 0. The van der Waals surface area contributed by atoms with Crippen molar-refractivity contribution in [3.05, 3.63) is 0 Å². The number of hydrogen-bond acceptors (Lipinski definition) is 3. The number of aliphatic hydroxyl groups excluding tert-OH is 1. The molecular weight excluding hydrogens is 242 g/mol. The highest BCUT2D eigenvalue weighted by atomic mass is 16.5. The fourth-order valence-corrected chi connectivity index (χ4v) is 3.21. The molecule has 2 rings (SSSR count). The van der Waals surface area contributed by atoms with Gasteiger partial charge in [0.15, 0.2) is 5.96 Å². The lowest BCUT2D eigenvalue weighted by Crippen LogP contribution is -2.43. The van der Waals surface area contributed by atoms with Crippen LogP contribution in [0.5, 0.6) is 0 Å². The van der Waals surface area contributed by atoms with Crippen LogP contribution in [0, 0.1) is 11.8 Å². The van der Waals surface area contributed by atoms with Crippen LogP contribution in [0.3, 0.4) is 0 Å². The molecule has 110 valence electrons. The largest absolute Gasteiger partial charge is 0.393 e. The SMILES string of the molecule is CN=C(NCC1CCCC1O)N1CCC(COC)C1. The number of nitrogens with zero attached hydrogens (tertiary/aromatic N) is 2. The van der Waals surface area contributed by atoms with Crippen LogP contribution in [0.25, 0.3) is 0 Å². The van der Waals surface area contributed by atoms with E-state index >= 15 is 0 Å². The molecule has 0 spiro atoms. The first kappa shape index (κ1) is 14.6. The van der Waals surface area contributed by atoms with Crippen molar-refractivity contribution in [3.8, 4) is 0 Å². The number of aliphatic imine (C=N–C) groups is 1. The van der Waals surface area contributed by atoms with Gasteiger partial charge in [-0.3, -0.25) is 4.99 Å². The maximum Gasteiger partial charge on any atom is 0.193 e. The van der Waals surface area contributed by atoms with Crippen LogP contribution in [0.15, 0.2) is 4.99 Å². The molecule has 1 saturated heterocycles. The molecule has 19 heavy (non-hydrogen) atoms. The molecular formula is C14H27N3O2. The fourth-order valence-electron chi connectivity index (χ4n) is 3.21. The van der Waals surface area contributed by atoms with Crippen molar-refractivity contribution in [3.63, 3.8) is 0 Å². The lowest BCUT2D eigenvalue weighted by atomic mass is 10.1. The van der Waals surface area contributed by atoms with Crippen molar-refractivity contribution in [1.29, 1.82) is 0 Å². The van der Waals surface area contributed by atoms with E-state index in [2.05, 4.69) is 15.2 Å². The molecule has 0 aromatic rings. The second-order valence-electron chi connectivity index (χ2n) is 5.74. The van der Waals surface area contributed by atoms with Gasteiger partial charge in [-0.1, -0.05) is 6.42 Å². The first-order chi connectivity index (χ1) is 9.24. The summed E-state index contributed by atoms with van der Waals surface area (Å²) in [7, 11) is 3.59. The zero-order chi connectivity index (χ0) is 13.7. The first-order valence-electron chi connectivity index (χ1n) is 7.37. The van der Waals surface area contributed by atoms with E-state index < -0.39 is 0 Å². The Hall–Kier alpha value is -0.810. The molecule has 1 aliphatic carbocycles. The number of rotatable bonds is 4.